The van der Waals surface area contributed by atoms with Crippen LogP contribution in [0, 0.1) is 27.7 Å². The highest BCUT2D eigenvalue weighted by Crippen LogP contribution is 2.37. The van der Waals surface area contributed by atoms with E-state index >= 15 is 0 Å². The lowest BCUT2D eigenvalue weighted by Gasteiger charge is -2.13. The Morgan fingerprint density at radius 2 is 1.62 bits per heavy atom. The topological polar surface area (TPSA) is 52.4 Å². The molecular formula is C16H22N2O3. The molecule has 0 aromatic heterocycles. The molecule has 0 spiro atoms. The summed E-state index contributed by atoms with van der Waals surface area (Å²) in [5.74, 6) is 1.15. The number of ether oxygens (including phenoxy) is 1. The molecule has 1 heterocycles. The zero-order valence-electron chi connectivity index (χ0n) is 13.5. The van der Waals surface area contributed by atoms with Crippen molar-refractivity contribution in [2.75, 3.05) is 13.7 Å². The third-order valence-electron chi connectivity index (χ3n) is 3.89. The summed E-state index contributed by atoms with van der Waals surface area (Å²) in [4.78, 5) is 10.2. The minimum Gasteiger partial charge on any atom is -0.434 e. The van der Waals surface area contributed by atoms with Gasteiger partial charge in [-0.3, -0.25) is 0 Å². The largest absolute Gasteiger partial charge is 0.434 e. The van der Waals surface area contributed by atoms with Crippen molar-refractivity contribution in [3.63, 3.8) is 0 Å². The van der Waals surface area contributed by atoms with Gasteiger partial charge in [-0.25, -0.2) is 0 Å². The van der Waals surface area contributed by atoms with E-state index in [1.807, 2.05) is 13.8 Å². The molecule has 1 aromatic rings. The maximum atomic E-state index is 5.88. The lowest BCUT2D eigenvalue weighted by atomic mass is 9.92. The average Bonchev–Trinajstić information content (AvgIpc) is 2.83. The molecule has 0 atom stereocenters. The SMILES string of the molecule is CCCON=C1Oc2c(C)c(C)c(C)c(C)c2C1=NOC. The molecule has 0 bridgehead atoms. The minimum atomic E-state index is 0.358. The van der Waals surface area contributed by atoms with E-state index in [-0.39, 0.29) is 0 Å². The molecule has 0 unspecified atom stereocenters. The first-order valence-electron chi connectivity index (χ1n) is 7.12. The highest BCUT2D eigenvalue weighted by molar-refractivity contribution is 6.49. The summed E-state index contributed by atoms with van der Waals surface area (Å²) in [5, 5.41) is 8.13. The van der Waals surface area contributed by atoms with Crippen LogP contribution in [0.15, 0.2) is 10.3 Å². The second-order valence-electron chi connectivity index (χ2n) is 5.16. The molecule has 0 radical (unpaired) electrons. The van der Waals surface area contributed by atoms with E-state index in [1.165, 1.54) is 18.2 Å². The molecule has 0 saturated heterocycles. The molecule has 0 fully saturated rings. The molecule has 2 rings (SSSR count). The van der Waals surface area contributed by atoms with Crippen LogP contribution in [0.1, 0.15) is 41.2 Å². The van der Waals surface area contributed by atoms with E-state index in [4.69, 9.17) is 14.4 Å². The number of rotatable bonds is 4. The number of nitrogens with zero attached hydrogens (tertiary/aromatic N) is 2. The summed E-state index contributed by atoms with van der Waals surface area (Å²) < 4.78 is 5.88. The predicted octanol–water partition coefficient (Wildman–Crippen LogP) is 3.40. The summed E-state index contributed by atoms with van der Waals surface area (Å²) >= 11 is 0. The van der Waals surface area contributed by atoms with Crippen LogP contribution in [0.2, 0.25) is 0 Å². The summed E-state index contributed by atoms with van der Waals surface area (Å²) in [5.41, 5.74) is 6.21. The second-order valence-corrected chi connectivity index (χ2v) is 5.16. The number of hydrogen-bond donors (Lipinski definition) is 0. The van der Waals surface area contributed by atoms with Crippen LogP contribution in [-0.4, -0.2) is 25.3 Å². The molecule has 0 aliphatic carbocycles. The van der Waals surface area contributed by atoms with Gasteiger partial charge in [-0.05, 0) is 61.5 Å². The molecule has 5 heteroatoms. The van der Waals surface area contributed by atoms with E-state index in [0.29, 0.717) is 18.2 Å². The molecule has 114 valence electrons. The van der Waals surface area contributed by atoms with Gasteiger partial charge in [0, 0.05) is 0 Å². The normalized spacial score (nSPS) is 17.0. The number of fused-ring (bicyclic) bond motifs is 1. The Morgan fingerprint density at radius 3 is 2.24 bits per heavy atom. The summed E-state index contributed by atoms with van der Waals surface area (Å²) in [6.45, 7) is 10.9. The van der Waals surface area contributed by atoms with E-state index in [2.05, 4.69) is 31.1 Å². The first-order chi connectivity index (χ1) is 10.0. The lowest BCUT2D eigenvalue weighted by molar-refractivity contribution is 0.141. The second kappa shape index (κ2) is 6.16. The average molecular weight is 290 g/mol. The van der Waals surface area contributed by atoms with Gasteiger partial charge in [0.15, 0.2) is 5.71 Å². The zero-order chi connectivity index (χ0) is 15.6. The summed E-state index contributed by atoms with van der Waals surface area (Å²) in [7, 11) is 1.51. The Labute approximate surface area is 125 Å². The van der Waals surface area contributed by atoms with Crippen LogP contribution in [0.4, 0.5) is 0 Å². The van der Waals surface area contributed by atoms with Gasteiger partial charge in [0.1, 0.15) is 19.5 Å². The Hall–Kier alpha value is -2.04. The van der Waals surface area contributed by atoms with Crippen LogP contribution < -0.4 is 4.74 Å². The molecule has 21 heavy (non-hydrogen) atoms. The highest BCUT2D eigenvalue weighted by Gasteiger charge is 2.33. The van der Waals surface area contributed by atoms with E-state index in [1.54, 1.807) is 0 Å². The van der Waals surface area contributed by atoms with E-state index in [0.717, 1.165) is 28.9 Å². The van der Waals surface area contributed by atoms with Gasteiger partial charge >= 0.3 is 0 Å². The van der Waals surface area contributed by atoms with Gasteiger partial charge < -0.3 is 14.4 Å². The van der Waals surface area contributed by atoms with Crippen molar-refractivity contribution in [1.29, 1.82) is 0 Å². The van der Waals surface area contributed by atoms with Crippen molar-refractivity contribution < 1.29 is 14.4 Å². The molecule has 0 amide bonds. The molecular weight excluding hydrogens is 268 g/mol. The van der Waals surface area contributed by atoms with Gasteiger partial charge in [-0.2, -0.15) is 0 Å². The fraction of sp³-hybridized carbons (Fsp3) is 0.500. The third-order valence-corrected chi connectivity index (χ3v) is 3.89. The highest BCUT2D eigenvalue weighted by atomic mass is 16.7. The summed E-state index contributed by atoms with van der Waals surface area (Å²) in [6.07, 6.45) is 0.886. The number of hydrogen-bond acceptors (Lipinski definition) is 5. The van der Waals surface area contributed by atoms with Gasteiger partial charge in [-0.1, -0.05) is 12.1 Å². The Morgan fingerprint density at radius 1 is 0.952 bits per heavy atom. The van der Waals surface area contributed by atoms with E-state index in [9.17, 15) is 0 Å². The molecule has 1 aliphatic heterocycles. The van der Waals surface area contributed by atoms with Gasteiger partial charge in [0.25, 0.3) is 5.90 Å². The zero-order valence-corrected chi connectivity index (χ0v) is 13.5. The molecule has 0 saturated carbocycles. The first-order valence-corrected chi connectivity index (χ1v) is 7.12. The van der Waals surface area contributed by atoms with Gasteiger partial charge in [0.2, 0.25) is 0 Å². The summed E-state index contributed by atoms with van der Waals surface area (Å²) in [6, 6.07) is 0. The van der Waals surface area contributed by atoms with Crippen molar-refractivity contribution in [3.05, 3.63) is 27.8 Å². The molecule has 5 nitrogen and oxygen atoms in total. The van der Waals surface area contributed by atoms with Crippen molar-refractivity contribution in [2.45, 2.75) is 41.0 Å². The third kappa shape index (κ3) is 2.60. The quantitative estimate of drug-likeness (QED) is 0.631. The van der Waals surface area contributed by atoms with Crippen molar-refractivity contribution in [1.82, 2.24) is 0 Å². The van der Waals surface area contributed by atoms with Crippen LogP contribution in [0.3, 0.4) is 0 Å². The number of benzene rings is 1. The minimum absolute atomic E-state index is 0.358. The Kier molecular flexibility index (Phi) is 4.50. The van der Waals surface area contributed by atoms with Crippen molar-refractivity contribution >= 4 is 11.6 Å². The Bertz CT molecular complexity index is 619. The fourth-order valence-corrected chi connectivity index (χ4v) is 2.38. The van der Waals surface area contributed by atoms with Gasteiger partial charge in [-0.15, -0.1) is 0 Å². The van der Waals surface area contributed by atoms with Gasteiger partial charge in [0.05, 0.1) is 5.56 Å². The molecule has 0 N–H and O–H groups in total. The maximum Gasteiger partial charge on any atom is 0.286 e. The molecule has 1 aromatic carbocycles. The standard InChI is InChI=1S/C16H22N2O3/c1-7-8-20-18-16-14(17-19-6)13-11(4)9(2)10(3)12(5)15(13)21-16/h7-8H2,1-6H3. The Balaban J connectivity index is 2.57. The van der Waals surface area contributed by atoms with Crippen molar-refractivity contribution in [3.8, 4) is 5.75 Å². The van der Waals surface area contributed by atoms with E-state index < -0.39 is 0 Å². The monoisotopic (exact) mass is 290 g/mol. The van der Waals surface area contributed by atoms with Crippen LogP contribution in [0.5, 0.6) is 5.75 Å². The smallest absolute Gasteiger partial charge is 0.286 e. The fourth-order valence-electron chi connectivity index (χ4n) is 2.38. The maximum absolute atomic E-state index is 5.88. The van der Waals surface area contributed by atoms with Crippen LogP contribution in [-0.2, 0) is 9.68 Å². The number of oxime groups is 2. The van der Waals surface area contributed by atoms with Crippen LogP contribution in [0.25, 0.3) is 0 Å². The first kappa shape index (κ1) is 15.4. The predicted molar refractivity (Wildman–Crippen MR) is 83.2 cm³/mol. The van der Waals surface area contributed by atoms with Crippen molar-refractivity contribution in [2.24, 2.45) is 10.3 Å². The lowest BCUT2D eigenvalue weighted by Crippen LogP contribution is -2.15. The molecule has 1 aliphatic rings. The van der Waals surface area contributed by atoms with Crippen LogP contribution >= 0.6 is 0 Å².